The van der Waals surface area contributed by atoms with Crippen LogP contribution in [0.5, 0.6) is 0 Å². The van der Waals surface area contributed by atoms with E-state index in [-0.39, 0.29) is 24.3 Å². The van der Waals surface area contributed by atoms with Crippen LogP contribution in [0.4, 0.5) is 11.4 Å². The van der Waals surface area contributed by atoms with Gasteiger partial charge in [-0.3, -0.25) is 14.4 Å². The summed E-state index contributed by atoms with van der Waals surface area (Å²) in [6.45, 7) is 3.31. The Morgan fingerprint density at radius 2 is 1.49 bits per heavy atom. The van der Waals surface area contributed by atoms with E-state index < -0.39 is 27.4 Å². The Morgan fingerprint density at radius 3 is 2.20 bits per heavy atom. The molecule has 2 aromatic carbocycles. The number of unbranched alkanes of at least 4 members (excludes halogenated alkanes) is 2. The lowest BCUT2D eigenvalue weighted by molar-refractivity contribution is -0.139. The zero-order valence-corrected chi connectivity index (χ0v) is 24.6. The number of benzene rings is 2. The molecule has 0 aromatic heterocycles. The van der Waals surface area contributed by atoms with Gasteiger partial charge in [-0.05, 0) is 62.6 Å². The second kappa shape index (κ2) is 11.0. The van der Waals surface area contributed by atoms with Gasteiger partial charge in [-0.15, -0.1) is 11.8 Å². The van der Waals surface area contributed by atoms with Crippen LogP contribution in [-0.2, 0) is 14.4 Å². The molecule has 1 N–H and O–H groups in total. The molecule has 0 saturated carbocycles. The molecule has 3 amide bonds. The number of nitrogens with zero attached hydrogens (tertiary/aromatic N) is 3. The highest BCUT2D eigenvalue weighted by Gasteiger charge is 2.73. The van der Waals surface area contributed by atoms with Crippen molar-refractivity contribution in [3.8, 4) is 0 Å². The molecule has 9 heteroatoms. The Balaban J connectivity index is 1.44. The summed E-state index contributed by atoms with van der Waals surface area (Å²) >= 11 is 7.73. The SMILES string of the molecule is C[C@]12C=CCN(c3ccccc3)C(=O)[C@H]1[C@H]1C(=O)N(CCCCCO)C3C(=O)N(c4ccc(Cl)cc4)CC=C[C@@]31S2. The van der Waals surface area contributed by atoms with Crippen molar-refractivity contribution < 1.29 is 19.5 Å². The van der Waals surface area contributed by atoms with Crippen LogP contribution in [0, 0.1) is 11.8 Å². The highest BCUT2D eigenvalue weighted by Crippen LogP contribution is 2.65. The van der Waals surface area contributed by atoms with E-state index in [2.05, 4.69) is 6.08 Å². The van der Waals surface area contributed by atoms with Crippen LogP contribution in [0.25, 0.3) is 0 Å². The van der Waals surface area contributed by atoms with E-state index in [0.717, 1.165) is 12.1 Å². The molecule has 2 fully saturated rings. The number of aliphatic hydroxyl groups is 1. The second-order valence-electron chi connectivity index (χ2n) is 11.3. The molecule has 214 valence electrons. The minimum Gasteiger partial charge on any atom is -0.396 e. The number of carbonyl (C=O) groups excluding carboxylic acids is 3. The highest BCUT2D eigenvalue weighted by molar-refractivity contribution is 8.02. The van der Waals surface area contributed by atoms with E-state index >= 15 is 0 Å². The normalized spacial score (nSPS) is 30.8. The first kappa shape index (κ1) is 28.1. The van der Waals surface area contributed by atoms with Crippen LogP contribution >= 0.6 is 23.4 Å². The van der Waals surface area contributed by atoms with Gasteiger partial charge in [0.05, 0.1) is 16.6 Å². The second-order valence-corrected chi connectivity index (χ2v) is 13.6. The molecule has 5 atom stereocenters. The lowest BCUT2D eigenvalue weighted by Crippen LogP contribution is -2.53. The van der Waals surface area contributed by atoms with Crippen molar-refractivity contribution in [1.82, 2.24) is 4.90 Å². The van der Waals surface area contributed by atoms with Crippen molar-refractivity contribution in [3.05, 3.63) is 83.9 Å². The summed E-state index contributed by atoms with van der Waals surface area (Å²) < 4.78 is -1.56. The van der Waals surface area contributed by atoms with Crippen LogP contribution < -0.4 is 9.80 Å². The zero-order valence-electron chi connectivity index (χ0n) is 23.0. The molecule has 6 rings (SSSR count). The average molecular weight is 592 g/mol. The van der Waals surface area contributed by atoms with E-state index in [4.69, 9.17) is 11.6 Å². The Bertz CT molecular complexity index is 1400. The number of para-hydroxylation sites is 1. The van der Waals surface area contributed by atoms with E-state index in [1.54, 1.807) is 38.6 Å². The summed E-state index contributed by atoms with van der Waals surface area (Å²) in [6, 6.07) is 16.0. The van der Waals surface area contributed by atoms with Crippen molar-refractivity contribution in [3.63, 3.8) is 0 Å². The van der Waals surface area contributed by atoms with Gasteiger partial charge in [-0.25, -0.2) is 0 Å². The van der Waals surface area contributed by atoms with Gasteiger partial charge in [-0.1, -0.05) is 54.1 Å². The number of halogens is 1. The molecule has 0 radical (unpaired) electrons. The Labute approximate surface area is 249 Å². The number of hydrogen-bond donors (Lipinski definition) is 1. The maximum Gasteiger partial charge on any atom is 0.251 e. The lowest BCUT2D eigenvalue weighted by atomic mass is 9.74. The van der Waals surface area contributed by atoms with Gasteiger partial charge in [0.1, 0.15) is 6.04 Å². The number of hydrogen-bond acceptors (Lipinski definition) is 5. The van der Waals surface area contributed by atoms with E-state index in [1.807, 2.05) is 67.6 Å². The Morgan fingerprint density at radius 1 is 0.829 bits per heavy atom. The smallest absolute Gasteiger partial charge is 0.251 e. The van der Waals surface area contributed by atoms with E-state index in [1.165, 1.54) is 0 Å². The third kappa shape index (κ3) is 4.60. The van der Waals surface area contributed by atoms with Gasteiger partial charge < -0.3 is 19.8 Å². The average Bonchev–Trinajstić information content (AvgIpc) is 3.23. The van der Waals surface area contributed by atoms with Crippen LogP contribution in [-0.4, -0.2) is 69.5 Å². The summed E-state index contributed by atoms with van der Waals surface area (Å²) in [4.78, 5) is 48.7. The number of rotatable bonds is 7. The third-order valence-electron chi connectivity index (χ3n) is 8.82. The molecule has 4 heterocycles. The first-order valence-corrected chi connectivity index (χ1v) is 15.4. The molecule has 7 nitrogen and oxygen atoms in total. The van der Waals surface area contributed by atoms with Crippen molar-refractivity contribution in [2.75, 3.05) is 36.0 Å². The third-order valence-corrected chi connectivity index (χ3v) is 10.9. The summed E-state index contributed by atoms with van der Waals surface area (Å²) in [7, 11) is 0. The number of anilines is 2. The fourth-order valence-electron chi connectivity index (χ4n) is 7.02. The number of carbonyl (C=O) groups is 3. The van der Waals surface area contributed by atoms with Crippen molar-refractivity contribution in [2.45, 2.75) is 41.7 Å². The first-order valence-electron chi connectivity index (χ1n) is 14.2. The van der Waals surface area contributed by atoms with Crippen molar-refractivity contribution in [2.24, 2.45) is 11.8 Å². The van der Waals surface area contributed by atoms with Gasteiger partial charge in [-0.2, -0.15) is 0 Å². The van der Waals surface area contributed by atoms with Crippen LogP contribution in [0.1, 0.15) is 26.2 Å². The molecule has 0 bridgehead atoms. The van der Waals surface area contributed by atoms with Crippen molar-refractivity contribution >= 4 is 52.5 Å². The summed E-state index contributed by atoms with van der Waals surface area (Å²) in [5.41, 5.74) is 1.51. The molecule has 0 aliphatic carbocycles. The fraction of sp³-hybridized carbons (Fsp3) is 0.406. The molecular formula is C32H34ClN3O4S. The number of likely N-dealkylation sites (tertiary alicyclic amines) is 1. The summed E-state index contributed by atoms with van der Waals surface area (Å²) in [5.74, 6) is -1.71. The monoisotopic (exact) mass is 591 g/mol. The molecule has 4 aliphatic heterocycles. The fourth-order valence-corrected chi connectivity index (χ4v) is 9.31. The predicted octanol–water partition coefficient (Wildman–Crippen LogP) is 4.70. The first-order chi connectivity index (χ1) is 19.8. The topological polar surface area (TPSA) is 81.2 Å². The van der Waals surface area contributed by atoms with Gasteiger partial charge >= 0.3 is 0 Å². The van der Waals surface area contributed by atoms with Gasteiger partial charge in [0.2, 0.25) is 11.8 Å². The van der Waals surface area contributed by atoms with E-state index in [9.17, 15) is 19.5 Å². The standard InChI is InChI=1S/C32H34ClN3O4S/c1-31-16-8-19-34(23-10-4-2-5-11-23)28(38)25(31)26-29(39)36(18-6-3-7-21-37)27-30(40)35(20-9-17-32(26,27)41-31)24-14-12-22(33)13-15-24/h2,4-5,8-17,25-27,37H,3,6-7,18-21H2,1H3/t25-,26+,27?,31+,32+/m1/s1. The van der Waals surface area contributed by atoms with Crippen LogP contribution in [0.3, 0.4) is 0 Å². The number of amides is 3. The zero-order chi connectivity index (χ0) is 28.8. The minimum absolute atomic E-state index is 0.0857. The Hall–Kier alpha value is -3.07. The van der Waals surface area contributed by atoms with Crippen LogP contribution in [0.2, 0.25) is 5.02 Å². The number of aliphatic hydroxyl groups excluding tert-OH is 1. The highest BCUT2D eigenvalue weighted by atomic mass is 35.5. The van der Waals surface area contributed by atoms with Gasteiger partial charge in [0, 0.05) is 47.4 Å². The largest absolute Gasteiger partial charge is 0.396 e. The maximum atomic E-state index is 14.5. The summed E-state index contributed by atoms with van der Waals surface area (Å²) in [6.07, 6.45) is 10.2. The van der Waals surface area contributed by atoms with Crippen LogP contribution in [0.15, 0.2) is 78.9 Å². The molecule has 4 aliphatic rings. The van der Waals surface area contributed by atoms with E-state index in [0.29, 0.717) is 43.2 Å². The molecular weight excluding hydrogens is 558 g/mol. The van der Waals surface area contributed by atoms with Gasteiger partial charge in [0.25, 0.3) is 5.91 Å². The quantitative estimate of drug-likeness (QED) is 0.373. The number of fused-ring (bicyclic) bond motifs is 2. The maximum absolute atomic E-state index is 14.5. The molecule has 2 aromatic rings. The molecule has 1 spiro atoms. The van der Waals surface area contributed by atoms with Crippen molar-refractivity contribution in [1.29, 1.82) is 0 Å². The number of thioether (sulfide) groups is 1. The lowest BCUT2D eigenvalue weighted by Gasteiger charge is -2.37. The summed E-state index contributed by atoms with van der Waals surface area (Å²) in [5, 5.41) is 9.89. The van der Waals surface area contributed by atoms with Gasteiger partial charge in [0.15, 0.2) is 0 Å². The Kier molecular flexibility index (Phi) is 7.51. The minimum atomic E-state index is -0.897. The molecule has 41 heavy (non-hydrogen) atoms. The predicted molar refractivity (Wildman–Crippen MR) is 163 cm³/mol. The molecule has 1 unspecified atom stereocenters. The molecule has 2 saturated heterocycles.